The predicted molar refractivity (Wildman–Crippen MR) is 65.0 cm³/mol. The molecule has 0 saturated heterocycles. The lowest BCUT2D eigenvalue weighted by molar-refractivity contribution is -0.141. The summed E-state index contributed by atoms with van der Waals surface area (Å²) >= 11 is 0. The van der Waals surface area contributed by atoms with Crippen LogP contribution in [-0.4, -0.2) is 33.3 Å². The molecule has 0 unspecified atom stereocenters. The Morgan fingerprint density at radius 1 is 1.42 bits per heavy atom. The third-order valence-corrected chi connectivity index (χ3v) is 2.75. The lowest BCUT2D eigenvalue weighted by atomic mass is 10.2. The van der Waals surface area contributed by atoms with Gasteiger partial charge in [0.05, 0.1) is 13.4 Å². The number of furan rings is 1. The van der Waals surface area contributed by atoms with Crippen molar-refractivity contribution in [2.24, 2.45) is 0 Å². The van der Waals surface area contributed by atoms with Gasteiger partial charge in [0.25, 0.3) is 0 Å². The summed E-state index contributed by atoms with van der Waals surface area (Å²) < 4.78 is 11.4. The molecule has 3 aromatic rings. The lowest BCUT2D eigenvalue weighted by Gasteiger charge is -2.01. The van der Waals surface area contributed by atoms with Crippen molar-refractivity contribution in [2.75, 3.05) is 7.11 Å². The van der Waals surface area contributed by atoms with Crippen molar-refractivity contribution < 1.29 is 13.9 Å². The number of hydrogen-bond acceptors (Lipinski definition) is 6. The maximum absolute atomic E-state index is 11.3. The molecular formula is C12H10N4O3. The van der Waals surface area contributed by atoms with Crippen LogP contribution in [0.4, 0.5) is 0 Å². The average molecular weight is 258 g/mol. The van der Waals surface area contributed by atoms with Crippen molar-refractivity contribution in [1.82, 2.24) is 20.2 Å². The van der Waals surface area contributed by atoms with Crippen molar-refractivity contribution in [3.8, 4) is 11.6 Å². The Hall–Kier alpha value is -2.70. The van der Waals surface area contributed by atoms with Crippen molar-refractivity contribution in [1.29, 1.82) is 0 Å². The fraction of sp³-hybridized carbons (Fsp3) is 0.167. The van der Waals surface area contributed by atoms with Crippen LogP contribution in [0.2, 0.25) is 0 Å². The van der Waals surface area contributed by atoms with Gasteiger partial charge in [0, 0.05) is 10.8 Å². The van der Waals surface area contributed by atoms with E-state index in [9.17, 15) is 4.79 Å². The first-order valence-electron chi connectivity index (χ1n) is 5.59. The highest BCUT2D eigenvalue weighted by Crippen LogP contribution is 2.28. The fourth-order valence-electron chi connectivity index (χ4n) is 1.83. The Bertz CT molecular complexity index is 731. The molecule has 19 heavy (non-hydrogen) atoms. The van der Waals surface area contributed by atoms with Crippen LogP contribution in [0.3, 0.4) is 0 Å². The number of tetrazole rings is 1. The zero-order valence-corrected chi connectivity index (χ0v) is 10.1. The topological polar surface area (TPSA) is 83.0 Å². The molecule has 7 heteroatoms. The highest BCUT2D eigenvalue weighted by atomic mass is 16.5. The number of hydrogen-bond donors (Lipinski definition) is 0. The van der Waals surface area contributed by atoms with E-state index in [1.165, 1.54) is 11.8 Å². The van der Waals surface area contributed by atoms with Gasteiger partial charge >= 0.3 is 5.97 Å². The molecule has 0 atom stereocenters. The molecule has 96 valence electrons. The quantitative estimate of drug-likeness (QED) is 0.658. The molecule has 2 heterocycles. The summed E-state index contributed by atoms with van der Waals surface area (Å²) in [5.41, 5.74) is 0. The highest BCUT2D eigenvalue weighted by molar-refractivity contribution is 5.92. The number of fused-ring (bicyclic) bond motifs is 1. The second-order valence-electron chi connectivity index (χ2n) is 3.89. The van der Waals surface area contributed by atoms with Gasteiger partial charge in [0.15, 0.2) is 5.76 Å². The van der Waals surface area contributed by atoms with Crippen LogP contribution < -0.4 is 0 Å². The van der Waals surface area contributed by atoms with Gasteiger partial charge in [-0.1, -0.05) is 24.3 Å². The van der Waals surface area contributed by atoms with E-state index >= 15 is 0 Å². The molecule has 0 saturated carbocycles. The largest absolute Gasteiger partial charge is 0.468 e. The van der Waals surface area contributed by atoms with Crippen LogP contribution in [0.25, 0.3) is 22.4 Å². The second kappa shape index (κ2) is 4.52. The van der Waals surface area contributed by atoms with E-state index in [0.29, 0.717) is 11.6 Å². The predicted octanol–water partition coefficient (Wildman–Crippen LogP) is 1.26. The normalized spacial score (nSPS) is 10.8. The van der Waals surface area contributed by atoms with E-state index < -0.39 is 5.97 Å². The summed E-state index contributed by atoms with van der Waals surface area (Å²) in [5.74, 6) is 0.500. The minimum absolute atomic E-state index is 0.0616. The van der Waals surface area contributed by atoms with Crippen LogP contribution in [0, 0.1) is 0 Å². The molecule has 3 rings (SSSR count). The molecule has 1 aromatic carbocycles. The minimum atomic E-state index is -0.426. The molecule has 0 aliphatic carbocycles. The van der Waals surface area contributed by atoms with Crippen molar-refractivity contribution in [2.45, 2.75) is 6.54 Å². The number of aromatic nitrogens is 4. The van der Waals surface area contributed by atoms with Crippen LogP contribution in [0.5, 0.6) is 0 Å². The van der Waals surface area contributed by atoms with Crippen LogP contribution >= 0.6 is 0 Å². The number of esters is 1. The molecule has 0 aliphatic rings. The van der Waals surface area contributed by atoms with E-state index in [1.807, 2.05) is 24.3 Å². The summed E-state index contributed by atoms with van der Waals surface area (Å²) in [6.07, 6.45) is 1.63. The number of rotatable bonds is 3. The molecule has 0 radical (unpaired) electrons. The zero-order chi connectivity index (χ0) is 13.2. The standard InChI is InChI=1S/C12H10N4O3/c1-18-10(17)6-16-12(13-14-15-16)11-9-5-3-2-4-8(9)7-19-11/h2-5,7H,6H2,1H3. The Kier molecular flexibility index (Phi) is 2.71. The van der Waals surface area contributed by atoms with Gasteiger partial charge in [0.1, 0.15) is 6.54 Å². The maximum Gasteiger partial charge on any atom is 0.327 e. The molecule has 0 bridgehead atoms. The summed E-state index contributed by atoms with van der Waals surface area (Å²) in [4.78, 5) is 11.3. The molecule has 0 amide bonds. The third-order valence-electron chi connectivity index (χ3n) is 2.75. The molecular weight excluding hydrogens is 248 g/mol. The SMILES string of the molecule is COC(=O)Cn1nnnc1-c1occ2ccccc12. The van der Waals surface area contributed by atoms with Gasteiger partial charge in [0.2, 0.25) is 5.82 Å². The van der Waals surface area contributed by atoms with E-state index in [4.69, 9.17) is 4.42 Å². The maximum atomic E-state index is 11.3. The Morgan fingerprint density at radius 3 is 3.11 bits per heavy atom. The summed E-state index contributed by atoms with van der Waals surface area (Å²) in [6, 6.07) is 7.65. The Morgan fingerprint density at radius 2 is 2.26 bits per heavy atom. The first-order valence-corrected chi connectivity index (χ1v) is 5.59. The van der Waals surface area contributed by atoms with Crippen molar-refractivity contribution in [3.63, 3.8) is 0 Å². The second-order valence-corrected chi connectivity index (χ2v) is 3.89. The van der Waals surface area contributed by atoms with Crippen molar-refractivity contribution >= 4 is 16.7 Å². The van der Waals surface area contributed by atoms with Crippen LogP contribution in [0.15, 0.2) is 34.9 Å². The number of ether oxygens (including phenoxy) is 1. The number of methoxy groups -OCH3 is 1. The van der Waals surface area contributed by atoms with E-state index in [-0.39, 0.29) is 6.54 Å². The molecule has 2 aromatic heterocycles. The van der Waals surface area contributed by atoms with Gasteiger partial charge in [-0.3, -0.25) is 4.79 Å². The number of nitrogens with zero attached hydrogens (tertiary/aromatic N) is 4. The molecule has 0 aliphatic heterocycles. The van der Waals surface area contributed by atoms with Gasteiger partial charge in [-0.15, -0.1) is 5.10 Å². The number of benzene rings is 1. The average Bonchev–Trinajstić information content (AvgIpc) is 3.04. The third kappa shape index (κ3) is 1.95. The summed E-state index contributed by atoms with van der Waals surface area (Å²) in [7, 11) is 1.31. The number of carbonyl (C=O) groups excluding carboxylic acids is 1. The number of carbonyl (C=O) groups is 1. The monoisotopic (exact) mass is 258 g/mol. The molecule has 0 N–H and O–H groups in total. The molecule has 7 nitrogen and oxygen atoms in total. The van der Waals surface area contributed by atoms with Crippen LogP contribution in [-0.2, 0) is 16.1 Å². The van der Waals surface area contributed by atoms with Gasteiger partial charge in [-0.05, 0) is 10.4 Å². The first-order chi connectivity index (χ1) is 9.29. The van der Waals surface area contributed by atoms with Crippen LogP contribution in [0.1, 0.15) is 0 Å². The fourth-order valence-corrected chi connectivity index (χ4v) is 1.83. The molecule has 0 fully saturated rings. The van der Waals surface area contributed by atoms with Gasteiger partial charge in [-0.25, -0.2) is 4.68 Å². The minimum Gasteiger partial charge on any atom is -0.468 e. The lowest BCUT2D eigenvalue weighted by Crippen LogP contribution is -2.13. The van der Waals surface area contributed by atoms with Crippen molar-refractivity contribution in [3.05, 3.63) is 30.5 Å². The van der Waals surface area contributed by atoms with E-state index in [0.717, 1.165) is 10.8 Å². The Balaban J connectivity index is 2.07. The smallest absolute Gasteiger partial charge is 0.327 e. The highest BCUT2D eigenvalue weighted by Gasteiger charge is 2.17. The van der Waals surface area contributed by atoms with Gasteiger partial charge < -0.3 is 9.15 Å². The summed E-state index contributed by atoms with van der Waals surface area (Å²) in [5, 5.41) is 13.1. The first kappa shape index (κ1) is 11.4. The van der Waals surface area contributed by atoms with Gasteiger partial charge in [-0.2, -0.15) is 0 Å². The summed E-state index contributed by atoms with van der Waals surface area (Å²) in [6.45, 7) is -0.0616. The van der Waals surface area contributed by atoms with E-state index in [2.05, 4.69) is 20.3 Å². The molecule has 0 spiro atoms. The zero-order valence-electron chi connectivity index (χ0n) is 10.1. The van der Waals surface area contributed by atoms with E-state index in [1.54, 1.807) is 6.26 Å². The Labute approximate surface area is 107 Å².